The molecule has 0 unspecified atom stereocenters. The molecule has 1 amide bonds. The molecule has 0 saturated carbocycles. The van der Waals surface area contributed by atoms with Crippen LogP contribution in [-0.4, -0.2) is 39.7 Å². The minimum absolute atomic E-state index is 0.259. The highest BCUT2D eigenvalue weighted by atomic mass is 35.5. The Kier molecular flexibility index (Phi) is 4.15. The van der Waals surface area contributed by atoms with Crippen LogP contribution in [0, 0.1) is 0 Å². The van der Waals surface area contributed by atoms with E-state index in [1.807, 2.05) is 20.8 Å². The maximum absolute atomic E-state index is 12.1. The molecule has 0 bridgehead atoms. The van der Waals surface area contributed by atoms with Gasteiger partial charge in [0.05, 0.1) is 5.69 Å². The van der Waals surface area contributed by atoms with Crippen LogP contribution in [0.2, 0.25) is 5.15 Å². The van der Waals surface area contributed by atoms with Crippen molar-refractivity contribution in [3.63, 3.8) is 0 Å². The fraction of sp³-hybridized carbons (Fsp3) is 0.471. The highest BCUT2D eigenvalue weighted by molar-refractivity contribution is 6.30. The molecule has 3 rings (SSSR count). The van der Waals surface area contributed by atoms with E-state index in [2.05, 4.69) is 22.1 Å². The van der Waals surface area contributed by atoms with Gasteiger partial charge in [-0.05, 0) is 44.4 Å². The number of allylic oxidation sites excluding steroid dienone is 1. The van der Waals surface area contributed by atoms with Gasteiger partial charge < -0.3 is 9.64 Å². The van der Waals surface area contributed by atoms with Crippen molar-refractivity contribution >= 4 is 23.8 Å². The Balaban J connectivity index is 1.67. The van der Waals surface area contributed by atoms with Gasteiger partial charge >= 0.3 is 6.09 Å². The predicted molar refractivity (Wildman–Crippen MR) is 89.2 cm³/mol. The smallest absolute Gasteiger partial charge is 0.410 e. The summed E-state index contributed by atoms with van der Waals surface area (Å²) in [6.07, 6.45) is 6.95. The monoisotopic (exact) mass is 333 g/mol. The minimum Gasteiger partial charge on any atom is -0.444 e. The second-order valence-corrected chi connectivity index (χ2v) is 7.14. The van der Waals surface area contributed by atoms with Gasteiger partial charge in [0.1, 0.15) is 17.1 Å². The first kappa shape index (κ1) is 16.0. The number of fused-ring (bicyclic) bond motifs is 1. The van der Waals surface area contributed by atoms with Crippen LogP contribution >= 0.6 is 11.6 Å². The maximum Gasteiger partial charge on any atom is 0.410 e. The number of aromatic nitrogens is 2. The lowest BCUT2D eigenvalue weighted by Crippen LogP contribution is -2.39. The molecule has 0 aromatic carbocycles. The van der Waals surface area contributed by atoms with E-state index in [-0.39, 0.29) is 6.09 Å². The summed E-state index contributed by atoms with van der Waals surface area (Å²) in [4.78, 5) is 22.1. The normalized spacial score (nSPS) is 17.5. The van der Waals surface area contributed by atoms with Gasteiger partial charge in [-0.3, -0.25) is 0 Å². The zero-order chi connectivity index (χ0) is 16.6. The molecule has 0 N–H and O–H groups in total. The zero-order valence-electron chi connectivity index (χ0n) is 13.6. The summed E-state index contributed by atoms with van der Waals surface area (Å²) in [5, 5.41) is 0.521. The Hall–Kier alpha value is -1.88. The van der Waals surface area contributed by atoms with E-state index in [0.717, 1.165) is 24.1 Å². The van der Waals surface area contributed by atoms with Gasteiger partial charge in [0.2, 0.25) is 0 Å². The fourth-order valence-corrected chi connectivity index (χ4v) is 2.96. The topological polar surface area (TPSA) is 55.3 Å². The van der Waals surface area contributed by atoms with Gasteiger partial charge in [-0.15, -0.1) is 0 Å². The van der Waals surface area contributed by atoms with Crippen LogP contribution in [0.3, 0.4) is 0 Å². The van der Waals surface area contributed by atoms with Crippen molar-refractivity contribution < 1.29 is 9.53 Å². The molecule has 122 valence electrons. The SMILES string of the molecule is CC(C)(C)OC(=O)N1CC=C(C2=Cc3ncnc(Cl)c3C2)CC1. The number of halogens is 1. The first-order valence-corrected chi connectivity index (χ1v) is 8.08. The average molecular weight is 334 g/mol. The molecule has 0 radical (unpaired) electrons. The molecule has 0 saturated heterocycles. The number of hydrogen-bond donors (Lipinski definition) is 0. The highest BCUT2D eigenvalue weighted by Crippen LogP contribution is 2.33. The second kappa shape index (κ2) is 5.96. The Labute approximate surface area is 141 Å². The van der Waals surface area contributed by atoms with E-state index in [9.17, 15) is 4.79 Å². The number of amides is 1. The number of hydrogen-bond acceptors (Lipinski definition) is 4. The molecule has 1 aromatic heterocycles. The van der Waals surface area contributed by atoms with Crippen LogP contribution < -0.4 is 0 Å². The molecule has 23 heavy (non-hydrogen) atoms. The lowest BCUT2D eigenvalue weighted by Gasteiger charge is -2.29. The molecule has 6 heteroatoms. The molecule has 5 nitrogen and oxygen atoms in total. The first-order valence-electron chi connectivity index (χ1n) is 7.71. The molecular formula is C17H20ClN3O2. The lowest BCUT2D eigenvalue weighted by molar-refractivity contribution is 0.0266. The number of carbonyl (C=O) groups is 1. The summed E-state index contributed by atoms with van der Waals surface area (Å²) in [6, 6.07) is 0. The highest BCUT2D eigenvalue weighted by Gasteiger charge is 2.26. The number of rotatable bonds is 1. The van der Waals surface area contributed by atoms with E-state index in [1.165, 1.54) is 17.5 Å². The fourth-order valence-electron chi connectivity index (χ4n) is 2.76. The van der Waals surface area contributed by atoms with Crippen LogP contribution in [0.15, 0.2) is 23.5 Å². The van der Waals surface area contributed by atoms with E-state index < -0.39 is 5.60 Å². The van der Waals surface area contributed by atoms with Crippen LogP contribution in [0.25, 0.3) is 6.08 Å². The molecule has 0 spiro atoms. The Morgan fingerprint density at radius 1 is 1.30 bits per heavy atom. The van der Waals surface area contributed by atoms with E-state index in [1.54, 1.807) is 4.90 Å². The summed E-state index contributed by atoms with van der Waals surface area (Å²) in [5.41, 5.74) is 3.88. The summed E-state index contributed by atoms with van der Waals surface area (Å²) in [6.45, 7) is 6.86. The third-order valence-corrected chi connectivity index (χ3v) is 4.20. The summed E-state index contributed by atoms with van der Waals surface area (Å²) in [5.74, 6) is 0. The maximum atomic E-state index is 12.1. The van der Waals surface area contributed by atoms with Gasteiger partial charge in [0.15, 0.2) is 0 Å². The summed E-state index contributed by atoms with van der Waals surface area (Å²) in [7, 11) is 0. The number of nitrogens with zero attached hydrogens (tertiary/aromatic N) is 3. The Bertz CT molecular complexity index is 704. The molecule has 2 aliphatic rings. The number of carbonyl (C=O) groups excluding carboxylic acids is 1. The molecule has 1 aromatic rings. The summed E-state index contributed by atoms with van der Waals surface area (Å²) >= 11 is 6.13. The second-order valence-electron chi connectivity index (χ2n) is 6.78. The third kappa shape index (κ3) is 3.55. The van der Waals surface area contributed by atoms with Gasteiger partial charge in [-0.2, -0.15) is 0 Å². The van der Waals surface area contributed by atoms with Crippen molar-refractivity contribution in [2.75, 3.05) is 13.1 Å². The lowest BCUT2D eigenvalue weighted by atomic mass is 9.98. The van der Waals surface area contributed by atoms with Crippen molar-refractivity contribution in [3.8, 4) is 0 Å². The van der Waals surface area contributed by atoms with E-state index in [0.29, 0.717) is 18.2 Å². The van der Waals surface area contributed by atoms with Crippen molar-refractivity contribution in [1.82, 2.24) is 14.9 Å². The van der Waals surface area contributed by atoms with E-state index >= 15 is 0 Å². The Morgan fingerprint density at radius 3 is 2.70 bits per heavy atom. The van der Waals surface area contributed by atoms with Gasteiger partial charge in [0.25, 0.3) is 0 Å². The molecule has 1 aliphatic carbocycles. The van der Waals surface area contributed by atoms with Gasteiger partial charge in [-0.25, -0.2) is 14.8 Å². The minimum atomic E-state index is -0.466. The van der Waals surface area contributed by atoms with Crippen molar-refractivity contribution in [3.05, 3.63) is 40.0 Å². The quantitative estimate of drug-likeness (QED) is 0.736. The van der Waals surface area contributed by atoms with Gasteiger partial charge in [-0.1, -0.05) is 17.7 Å². The molecule has 0 atom stereocenters. The van der Waals surface area contributed by atoms with Gasteiger partial charge in [0, 0.05) is 25.1 Å². The molecular weight excluding hydrogens is 314 g/mol. The van der Waals surface area contributed by atoms with Crippen LogP contribution in [0.4, 0.5) is 4.79 Å². The molecule has 0 fully saturated rings. The summed E-state index contributed by atoms with van der Waals surface area (Å²) < 4.78 is 5.41. The van der Waals surface area contributed by atoms with Crippen LogP contribution in [-0.2, 0) is 11.2 Å². The van der Waals surface area contributed by atoms with Crippen LogP contribution in [0.1, 0.15) is 38.4 Å². The van der Waals surface area contributed by atoms with Crippen molar-refractivity contribution in [1.29, 1.82) is 0 Å². The standard InChI is InChI=1S/C17H20ClN3O2/c1-17(2,3)23-16(22)21-6-4-11(5-7-21)12-8-13-14(9-12)19-10-20-15(13)18/h4,9-10H,5-8H2,1-3H3. The largest absolute Gasteiger partial charge is 0.444 e. The zero-order valence-corrected chi connectivity index (χ0v) is 14.4. The molecule has 1 aliphatic heterocycles. The van der Waals surface area contributed by atoms with E-state index in [4.69, 9.17) is 16.3 Å². The van der Waals surface area contributed by atoms with Crippen molar-refractivity contribution in [2.24, 2.45) is 0 Å². The van der Waals surface area contributed by atoms with Crippen molar-refractivity contribution in [2.45, 2.75) is 39.2 Å². The molecule has 2 heterocycles. The number of ether oxygens (including phenoxy) is 1. The first-order chi connectivity index (χ1) is 10.8. The predicted octanol–water partition coefficient (Wildman–Crippen LogP) is 3.64. The third-order valence-electron chi connectivity index (χ3n) is 3.88. The van der Waals surface area contributed by atoms with Crippen LogP contribution in [0.5, 0.6) is 0 Å². The Morgan fingerprint density at radius 2 is 2.09 bits per heavy atom. The average Bonchev–Trinajstić information content (AvgIpc) is 2.91.